The third-order valence-corrected chi connectivity index (χ3v) is 3.49. The Morgan fingerprint density at radius 3 is 1.44 bits per heavy atom. The van der Waals surface area contributed by atoms with Crippen LogP contribution in [0.3, 0.4) is 0 Å². The molecule has 0 amide bonds. The number of rotatable bonds is 0. The van der Waals surface area contributed by atoms with E-state index in [1.54, 1.807) is 0 Å². The highest BCUT2D eigenvalue weighted by molar-refractivity contribution is 5.56. The van der Waals surface area contributed by atoms with E-state index in [0.29, 0.717) is 5.92 Å². The van der Waals surface area contributed by atoms with Crippen molar-refractivity contribution in [3.63, 3.8) is 0 Å². The molecule has 86 valence electrons. The molecular formula is C16H22. The van der Waals surface area contributed by atoms with Gasteiger partial charge in [-0.1, -0.05) is 25.7 Å². The normalized spacial score (nSPS) is 10.2. The lowest BCUT2D eigenvalue weighted by atomic mass is 9.90. The Morgan fingerprint density at radius 1 is 0.688 bits per heavy atom. The van der Waals surface area contributed by atoms with Gasteiger partial charge < -0.3 is 0 Å². The van der Waals surface area contributed by atoms with Crippen LogP contribution in [-0.2, 0) is 0 Å². The molecule has 0 radical (unpaired) electrons. The molecule has 0 aliphatic heterocycles. The summed E-state index contributed by atoms with van der Waals surface area (Å²) in [7, 11) is 0. The molecule has 0 unspecified atom stereocenters. The molecule has 0 heteroatoms. The van der Waals surface area contributed by atoms with Crippen molar-refractivity contribution < 1.29 is 0 Å². The molecule has 0 aromatic heterocycles. The average molecular weight is 214 g/mol. The molecule has 0 nitrogen and oxygen atoms in total. The van der Waals surface area contributed by atoms with Gasteiger partial charge in [0.05, 0.1) is 0 Å². The Hall–Kier alpha value is -1.22. The van der Waals surface area contributed by atoms with E-state index in [1.165, 1.54) is 33.4 Å². The Labute approximate surface area is 100 Å². The molecule has 0 fully saturated rings. The van der Waals surface area contributed by atoms with Crippen LogP contribution in [0.4, 0.5) is 0 Å². The second-order valence-electron chi connectivity index (χ2n) is 4.92. The predicted octanol–water partition coefficient (Wildman–Crippen LogP) is 4.24. The van der Waals surface area contributed by atoms with E-state index in [0.717, 1.165) is 0 Å². The van der Waals surface area contributed by atoms with E-state index in [9.17, 15) is 0 Å². The maximum absolute atomic E-state index is 3.34. The van der Waals surface area contributed by atoms with Crippen LogP contribution in [0.2, 0.25) is 0 Å². The van der Waals surface area contributed by atoms with Crippen LogP contribution in [-0.4, -0.2) is 0 Å². The molecule has 0 aliphatic rings. The van der Waals surface area contributed by atoms with Gasteiger partial charge in [-0.25, -0.2) is 0 Å². The van der Waals surface area contributed by atoms with Gasteiger partial charge in [0.15, 0.2) is 0 Å². The summed E-state index contributed by atoms with van der Waals surface area (Å²) in [6, 6.07) is 0. The first-order valence-electron chi connectivity index (χ1n) is 5.94. The number of hydrogen-bond acceptors (Lipinski definition) is 0. The molecule has 1 rings (SSSR count). The molecular weight excluding hydrogens is 192 g/mol. The van der Waals surface area contributed by atoms with E-state index in [-0.39, 0.29) is 0 Å². The third kappa shape index (κ3) is 2.30. The van der Waals surface area contributed by atoms with Crippen molar-refractivity contribution in [2.24, 2.45) is 5.92 Å². The van der Waals surface area contributed by atoms with Crippen molar-refractivity contribution in [3.05, 3.63) is 33.4 Å². The minimum Gasteiger partial charge on any atom is -0.0950 e. The SMILES string of the molecule is Cc1c(C)c(C)c(C#CC(C)C)c(C)c1C. The van der Waals surface area contributed by atoms with Gasteiger partial charge in [-0.2, -0.15) is 0 Å². The highest BCUT2D eigenvalue weighted by Gasteiger charge is 2.10. The smallest absolute Gasteiger partial charge is 0.0309 e. The van der Waals surface area contributed by atoms with Crippen LogP contribution in [0.1, 0.15) is 47.2 Å². The molecule has 0 atom stereocenters. The van der Waals surface area contributed by atoms with Gasteiger partial charge in [-0.05, 0) is 62.4 Å². The minimum atomic E-state index is 0.431. The Kier molecular flexibility index (Phi) is 3.81. The second-order valence-corrected chi connectivity index (χ2v) is 4.92. The van der Waals surface area contributed by atoms with Gasteiger partial charge in [0.1, 0.15) is 0 Å². The molecule has 0 N–H and O–H groups in total. The highest BCUT2D eigenvalue weighted by atomic mass is 14.1. The van der Waals surface area contributed by atoms with Gasteiger partial charge in [0.25, 0.3) is 0 Å². The summed E-state index contributed by atoms with van der Waals surface area (Å²) >= 11 is 0. The van der Waals surface area contributed by atoms with Gasteiger partial charge in [0.2, 0.25) is 0 Å². The van der Waals surface area contributed by atoms with Crippen molar-refractivity contribution in [2.75, 3.05) is 0 Å². The van der Waals surface area contributed by atoms with Crippen LogP contribution in [0.25, 0.3) is 0 Å². The fraction of sp³-hybridized carbons (Fsp3) is 0.500. The van der Waals surface area contributed by atoms with Gasteiger partial charge in [-0.3, -0.25) is 0 Å². The fourth-order valence-electron chi connectivity index (χ4n) is 1.90. The van der Waals surface area contributed by atoms with Crippen molar-refractivity contribution >= 4 is 0 Å². The predicted molar refractivity (Wildman–Crippen MR) is 71.8 cm³/mol. The summed E-state index contributed by atoms with van der Waals surface area (Å²) < 4.78 is 0. The minimum absolute atomic E-state index is 0.431. The van der Waals surface area contributed by atoms with Crippen molar-refractivity contribution in [3.8, 4) is 11.8 Å². The van der Waals surface area contributed by atoms with Gasteiger partial charge in [0, 0.05) is 11.5 Å². The standard InChI is InChI=1S/C16H22/c1-10(2)8-9-16-14(6)12(4)11(3)13(5)15(16)7/h10H,1-7H3. The van der Waals surface area contributed by atoms with Crippen LogP contribution < -0.4 is 0 Å². The zero-order chi connectivity index (χ0) is 12.5. The Bertz CT molecular complexity index is 436. The van der Waals surface area contributed by atoms with E-state index in [2.05, 4.69) is 60.3 Å². The molecule has 0 saturated carbocycles. The second kappa shape index (κ2) is 4.74. The summed E-state index contributed by atoms with van der Waals surface area (Å²) in [6.07, 6.45) is 0. The van der Waals surface area contributed by atoms with E-state index < -0.39 is 0 Å². The largest absolute Gasteiger partial charge is 0.0950 e. The fourth-order valence-corrected chi connectivity index (χ4v) is 1.90. The first kappa shape index (κ1) is 12.8. The summed E-state index contributed by atoms with van der Waals surface area (Å²) in [5.41, 5.74) is 8.09. The summed E-state index contributed by atoms with van der Waals surface area (Å²) in [5, 5.41) is 0. The lowest BCUT2D eigenvalue weighted by Crippen LogP contribution is -2.00. The van der Waals surface area contributed by atoms with E-state index >= 15 is 0 Å². The summed E-state index contributed by atoms with van der Waals surface area (Å²) in [6.45, 7) is 15.2. The highest BCUT2D eigenvalue weighted by Crippen LogP contribution is 2.25. The first-order chi connectivity index (χ1) is 7.36. The topological polar surface area (TPSA) is 0 Å². The van der Waals surface area contributed by atoms with Gasteiger partial charge in [-0.15, -0.1) is 0 Å². The molecule has 1 aromatic rings. The van der Waals surface area contributed by atoms with Gasteiger partial charge >= 0.3 is 0 Å². The molecule has 0 saturated heterocycles. The lowest BCUT2D eigenvalue weighted by molar-refractivity contribution is 0.866. The van der Waals surface area contributed by atoms with Crippen LogP contribution in [0.5, 0.6) is 0 Å². The quantitative estimate of drug-likeness (QED) is 0.567. The van der Waals surface area contributed by atoms with E-state index in [4.69, 9.17) is 0 Å². The first-order valence-corrected chi connectivity index (χ1v) is 5.94. The molecule has 0 aliphatic carbocycles. The van der Waals surface area contributed by atoms with Crippen molar-refractivity contribution in [1.29, 1.82) is 0 Å². The van der Waals surface area contributed by atoms with Crippen LogP contribution in [0, 0.1) is 52.4 Å². The van der Waals surface area contributed by atoms with E-state index in [1.807, 2.05) is 0 Å². The number of benzene rings is 1. The molecule has 16 heavy (non-hydrogen) atoms. The van der Waals surface area contributed by atoms with Crippen molar-refractivity contribution in [1.82, 2.24) is 0 Å². The molecule has 1 aromatic carbocycles. The maximum atomic E-state index is 3.34. The molecule has 0 heterocycles. The summed E-state index contributed by atoms with van der Waals surface area (Å²) in [5.74, 6) is 7.04. The van der Waals surface area contributed by atoms with Crippen molar-refractivity contribution in [2.45, 2.75) is 48.5 Å². The van der Waals surface area contributed by atoms with Crippen LogP contribution in [0.15, 0.2) is 0 Å². The lowest BCUT2D eigenvalue weighted by Gasteiger charge is -2.15. The number of hydrogen-bond donors (Lipinski definition) is 0. The zero-order valence-corrected chi connectivity index (χ0v) is 11.6. The maximum Gasteiger partial charge on any atom is 0.0309 e. The molecule has 0 bridgehead atoms. The average Bonchev–Trinajstić information content (AvgIpc) is 2.23. The Balaban J connectivity index is 3.48. The molecule has 0 spiro atoms. The zero-order valence-electron chi connectivity index (χ0n) is 11.6. The van der Waals surface area contributed by atoms with Crippen LogP contribution >= 0.6 is 0 Å². The summed E-state index contributed by atoms with van der Waals surface area (Å²) in [4.78, 5) is 0. The Morgan fingerprint density at radius 2 is 1.06 bits per heavy atom. The third-order valence-electron chi connectivity index (χ3n) is 3.49. The monoisotopic (exact) mass is 214 g/mol.